The van der Waals surface area contributed by atoms with Crippen LogP contribution in [0.25, 0.3) is 0 Å². The molecule has 0 saturated carbocycles. The van der Waals surface area contributed by atoms with Gasteiger partial charge in [-0.1, -0.05) is 30.3 Å². The molecule has 0 atom stereocenters. The first-order valence-electron chi connectivity index (χ1n) is 6.79. The molecule has 0 aromatic heterocycles. The fourth-order valence-electron chi connectivity index (χ4n) is 2.06. The van der Waals surface area contributed by atoms with Crippen molar-refractivity contribution in [1.29, 1.82) is 0 Å². The topological polar surface area (TPSA) is 27.7 Å². The molecule has 0 fully saturated rings. The van der Waals surface area contributed by atoms with Gasteiger partial charge in [-0.25, -0.2) is 0 Å². The molecule has 0 amide bonds. The van der Waals surface area contributed by atoms with Crippen molar-refractivity contribution in [2.75, 3.05) is 20.3 Å². The monoisotopic (exact) mass is 306 g/mol. The summed E-state index contributed by atoms with van der Waals surface area (Å²) in [6.07, 6.45) is 0. The van der Waals surface area contributed by atoms with E-state index in [-0.39, 0.29) is 0 Å². The first-order valence-corrected chi connectivity index (χ1v) is 7.32. The van der Waals surface area contributed by atoms with Gasteiger partial charge < -0.3 is 14.2 Å². The van der Waals surface area contributed by atoms with Crippen molar-refractivity contribution in [3.63, 3.8) is 0 Å². The summed E-state index contributed by atoms with van der Waals surface area (Å²) >= 11 is 5.92. The molecule has 4 heteroatoms. The molecule has 112 valence electrons. The maximum Gasteiger partial charge on any atom is 0.161 e. The number of benzene rings is 2. The van der Waals surface area contributed by atoms with Crippen LogP contribution in [0.5, 0.6) is 17.2 Å². The predicted molar refractivity (Wildman–Crippen MR) is 84.7 cm³/mol. The highest BCUT2D eigenvalue weighted by molar-refractivity contribution is 6.17. The van der Waals surface area contributed by atoms with Crippen molar-refractivity contribution in [3.8, 4) is 17.2 Å². The molecule has 2 aromatic rings. The molecule has 0 N–H and O–H groups in total. The second-order valence-electron chi connectivity index (χ2n) is 4.54. The fourth-order valence-corrected chi connectivity index (χ4v) is 2.27. The Labute approximate surface area is 130 Å². The van der Waals surface area contributed by atoms with E-state index in [1.165, 1.54) is 0 Å². The second kappa shape index (κ2) is 7.79. The fraction of sp³-hybridized carbons (Fsp3) is 0.294. The lowest BCUT2D eigenvalue weighted by atomic mass is 10.1. The van der Waals surface area contributed by atoms with Crippen LogP contribution in [0.3, 0.4) is 0 Å². The van der Waals surface area contributed by atoms with E-state index in [9.17, 15) is 0 Å². The average Bonchev–Trinajstić information content (AvgIpc) is 2.52. The van der Waals surface area contributed by atoms with Crippen LogP contribution in [-0.2, 0) is 5.88 Å². The number of ether oxygens (including phenoxy) is 3. The summed E-state index contributed by atoms with van der Waals surface area (Å²) in [5, 5.41) is 0. The van der Waals surface area contributed by atoms with E-state index in [4.69, 9.17) is 25.8 Å². The van der Waals surface area contributed by atoms with E-state index >= 15 is 0 Å². The quantitative estimate of drug-likeness (QED) is 0.567. The molecular weight excluding hydrogens is 288 g/mol. The number of hydrogen-bond acceptors (Lipinski definition) is 3. The molecule has 0 spiro atoms. The average molecular weight is 307 g/mol. The van der Waals surface area contributed by atoms with Gasteiger partial charge >= 0.3 is 0 Å². The lowest BCUT2D eigenvalue weighted by Gasteiger charge is -2.14. The maximum atomic E-state index is 5.92. The zero-order valence-electron chi connectivity index (χ0n) is 12.3. The predicted octanol–water partition coefficient (Wildman–Crippen LogP) is 4.20. The van der Waals surface area contributed by atoms with Gasteiger partial charge in [0.2, 0.25) is 0 Å². The number of halogens is 1. The highest BCUT2D eigenvalue weighted by Crippen LogP contribution is 2.27. The van der Waals surface area contributed by atoms with Gasteiger partial charge in [-0.05, 0) is 24.6 Å². The van der Waals surface area contributed by atoms with Gasteiger partial charge in [-0.15, -0.1) is 11.6 Å². The number of aryl methyl sites for hydroxylation is 1. The zero-order valence-corrected chi connectivity index (χ0v) is 13.0. The van der Waals surface area contributed by atoms with E-state index in [0.29, 0.717) is 24.8 Å². The molecule has 0 radical (unpaired) electrons. The van der Waals surface area contributed by atoms with Gasteiger partial charge in [-0.3, -0.25) is 0 Å². The molecule has 0 saturated heterocycles. The minimum absolute atomic E-state index is 0.435. The Morgan fingerprint density at radius 1 is 0.905 bits per heavy atom. The van der Waals surface area contributed by atoms with Gasteiger partial charge in [0.15, 0.2) is 11.5 Å². The normalized spacial score (nSPS) is 10.2. The van der Waals surface area contributed by atoms with Crippen LogP contribution in [0.1, 0.15) is 11.1 Å². The summed E-state index contributed by atoms with van der Waals surface area (Å²) in [6.45, 7) is 2.90. The van der Waals surface area contributed by atoms with E-state index in [1.54, 1.807) is 7.11 Å². The number of para-hydroxylation sites is 3. The third kappa shape index (κ3) is 4.05. The second-order valence-corrected chi connectivity index (χ2v) is 4.81. The number of hydrogen-bond donors (Lipinski definition) is 0. The Bertz CT molecular complexity index is 584. The highest BCUT2D eigenvalue weighted by Gasteiger charge is 2.07. The Hall–Kier alpha value is -1.87. The van der Waals surface area contributed by atoms with E-state index in [0.717, 1.165) is 22.6 Å². The Morgan fingerprint density at radius 3 is 2.33 bits per heavy atom. The molecule has 0 bridgehead atoms. The molecule has 0 heterocycles. The minimum atomic E-state index is 0.435. The Balaban J connectivity index is 1.91. The van der Waals surface area contributed by atoms with Crippen LogP contribution in [0.4, 0.5) is 0 Å². The maximum absolute atomic E-state index is 5.92. The largest absolute Gasteiger partial charge is 0.493 e. The summed E-state index contributed by atoms with van der Waals surface area (Å²) in [7, 11) is 1.62. The van der Waals surface area contributed by atoms with Crippen LogP contribution in [-0.4, -0.2) is 20.3 Å². The lowest BCUT2D eigenvalue weighted by Crippen LogP contribution is -2.11. The summed E-state index contributed by atoms with van der Waals surface area (Å²) in [5.74, 6) is 2.71. The van der Waals surface area contributed by atoms with E-state index in [2.05, 4.69) is 0 Å². The van der Waals surface area contributed by atoms with E-state index in [1.807, 2.05) is 49.4 Å². The summed E-state index contributed by atoms with van der Waals surface area (Å²) < 4.78 is 16.7. The van der Waals surface area contributed by atoms with Gasteiger partial charge in [0.25, 0.3) is 0 Å². The van der Waals surface area contributed by atoms with Gasteiger partial charge in [-0.2, -0.15) is 0 Å². The van der Waals surface area contributed by atoms with E-state index < -0.39 is 0 Å². The van der Waals surface area contributed by atoms with Gasteiger partial charge in [0.05, 0.1) is 13.0 Å². The smallest absolute Gasteiger partial charge is 0.161 e. The zero-order chi connectivity index (χ0) is 15.1. The molecule has 0 aliphatic carbocycles. The Kier molecular flexibility index (Phi) is 5.76. The first kappa shape index (κ1) is 15.5. The number of rotatable bonds is 7. The Morgan fingerprint density at radius 2 is 1.62 bits per heavy atom. The van der Waals surface area contributed by atoms with Crippen molar-refractivity contribution in [3.05, 3.63) is 53.6 Å². The molecular formula is C17H19ClO3. The van der Waals surface area contributed by atoms with Crippen LogP contribution in [0, 0.1) is 6.92 Å². The number of methoxy groups -OCH3 is 1. The van der Waals surface area contributed by atoms with Crippen LogP contribution >= 0.6 is 11.6 Å². The van der Waals surface area contributed by atoms with Crippen LogP contribution < -0.4 is 14.2 Å². The molecule has 2 rings (SSSR count). The van der Waals surface area contributed by atoms with Crippen molar-refractivity contribution in [2.24, 2.45) is 0 Å². The van der Waals surface area contributed by atoms with Crippen LogP contribution in [0.15, 0.2) is 42.5 Å². The van der Waals surface area contributed by atoms with Gasteiger partial charge in [0, 0.05) is 5.56 Å². The summed E-state index contributed by atoms with van der Waals surface area (Å²) in [6, 6.07) is 13.5. The standard InChI is InChI=1S/C17H19ClO3/c1-13-6-5-7-14(12-18)17(13)21-11-10-20-16-9-4-3-8-15(16)19-2/h3-9H,10-12H2,1-2H3. The molecule has 0 aliphatic rings. The first-order chi connectivity index (χ1) is 10.3. The van der Waals surface area contributed by atoms with Crippen molar-refractivity contribution < 1.29 is 14.2 Å². The van der Waals surface area contributed by atoms with Crippen molar-refractivity contribution in [2.45, 2.75) is 12.8 Å². The molecule has 2 aromatic carbocycles. The lowest BCUT2D eigenvalue weighted by molar-refractivity contribution is 0.209. The molecule has 0 unspecified atom stereocenters. The minimum Gasteiger partial charge on any atom is -0.493 e. The molecule has 0 aliphatic heterocycles. The van der Waals surface area contributed by atoms with Crippen LogP contribution in [0.2, 0.25) is 0 Å². The van der Waals surface area contributed by atoms with Gasteiger partial charge in [0.1, 0.15) is 19.0 Å². The van der Waals surface area contributed by atoms with Crippen molar-refractivity contribution in [1.82, 2.24) is 0 Å². The third-order valence-corrected chi connectivity index (χ3v) is 3.38. The summed E-state index contributed by atoms with van der Waals surface area (Å²) in [4.78, 5) is 0. The molecule has 21 heavy (non-hydrogen) atoms. The third-order valence-electron chi connectivity index (χ3n) is 3.09. The SMILES string of the molecule is COc1ccccc1OCCOc1c(C)cccc1CCl. The number of alkyl halides is 1. The summed E-state index contributed by atoms with van der Waals surface area (Å²) in [5.41, 5.74) is 2.07. The van der Waals surface area contributed by atoms with Crippen molar-refractivity contribution >= 4 is 11.6 Å². The molecule has 3 nitrogen and oxygen atoms in total. The highest BCUT2D eigenvalue weighted by atomic mass is 35.5.